The summed E-state index contributed by atoms with van der Waals surface area (Å²) in [5, 5.41) is 8.64. The Morgan fingerprint density at radius 1 is 1.29 bits per heavy atom. The number of carboxylic acid groups (broad SMARTS) is 1. The van der Waals surface area contributed by atoms with Crippen LogP contribution in [0.3, 0.4) is 0 Å². The molecule has 1 aliphatic carbocycles. The SMILES string of the molecule is O=C(O)COc1ccc2c(c1)OC1(CCCCC1)CC2=O. The van der Waals surface area contributed by atoms with E-state index in [0.29, 0.717) is 23.5 Å². The van der Waals surface area contributed by atoms with Crippen LogP contribution in [0, 0.1) is 0 Å². The van der Waals surface area contributed by atoms with Crippen molar-refractivity contribution >= 4 is 11.8 Å². The number of carboxylic acids is 1. The highest BCUT2D eigenvalue weighted by molar-refractivity contribution is 6.00. The van der Waals surface area contributed by atoms with Crippen molar-refractivity contribution in [1.82, 2.24) is 0 Å². The molecular formula is C16H18O5. The van der Waals surface area contributed by atoms with Crippen molar-refractivity contribution in [2.75, 3.05) is 6.61 Å². The number of hydrogen-bond donors (Lipinski definition) is 1. The minimum atomic E-state index is -1.03. The van der Waals surface area contributed by atoms with Crippen LogP contribution in [0.4, 0.5) is 0 Å². The number of carbonyl (C=O) groups is 2. The topological polar surface area (TPSA) is 72.8 Å². The summed E-state index contributed by atoms with van der Waals surface area (Å²) in [5.41, 5.74) is 0.196. The third-order valence-corrected chi connectivity index (χ3v) is 4.19. The van der Waals surface area contributed by atoms with Gasteiger partial charge in [-0.3, -0.25) is 4.79 Å². The largest absolute Gasteiger partial charge is 0.486 e. The van der Waals surface area contributed by atoms with Gasteiger partial charge in [0.15, 0.2) is 12.4 Å². The second-order valence-electron chi connectivity index (χ2n) is 5.79. The van der Waals surface area contributed by atoms with Crippen molar-refractivity contribution in [3.05, 3.63) is 23.8 Å². The average molecular weight is 290 g/mol. The molecule has 5 heteroatoms. The first-order valence-electron chi connectivity index (χ1n) is 7.29. The second-order valence-corrected chi connectivity index (χ2v) is 5.79. The smallest absolute Gasteiger partial charge is 0.341 e. The maximum atomic E-state index is 12.3. The molecule has 0 aromatic heterocycles. The number of benzene rings is 1. The first-order valence-corrected chi connectivity index (χ1v) is 7.29. The van der Waals surface area contributed by atoms with E-state index < -0.39 is 12.6 Å². The molecule has 1 aliphatic heterocycles. The molecule has 5 nitrogen and oxygen atoms in total. The average Bonchev–Trinajstić information content (AvgIpc) is 2.45. The van der Waals surface area contributed by atoms with E-state index in [-0.39, 0.29) is 11.4 Å². The van der Waals surface area contributed by atoms with Gasteiger partial charge in [0.1, 0.15) is 17.1 Å². The van der Waals surface area contributed by atoms with Crippen molar-refractivity contribution in [3.63, 3.8) is 0 Å². The summed E-state index contributed by atoms with van der Waals surface area (Å²) in [6.45, 7) is -0.405. The third-order valence-electron chi connectivity index (χ3n) is 4.19. The number of ketones is 1. The second kappa shape index (κ2) is 5.39. The lowest BCUT2D eigenvalue weighted by atomic mass is 9.78. The first-order chi connectivity index (χ1) is 10.1. The minimum absolute atomic E-state index is 0.0999. The Kier molecular flexibility index (Phi) is 3.57. The van der Waals surface area contributed by atoms with E-state index >= 15 is 0 Å². The zero-order valence-corrected chi connectivity index (χ0v) is 11.8. The number of carbonyl (C=O) groups excluding carboxylic acids is 1. The minimum Gasteiger partial charge on any atom is -0.486 e. The van der Waals surface area contributed by atoms with Gasteiger partial charge in [-0.25, -0.2) is 4.79 Å². The summed E-state index contributed by atoms with van der Waals surface area (Å²) < 4.78 is 11.3. The van der Waals surface area contributed by atoms with Gasteiger partial charge in [0.05, 0.1) is 12.0 Å². The molecule has 3 rings (SSSR count). The molecule has 1 spiro atoms. The lowest BCUT2D eigenvalue weighted by molar-refractivity contribution is -0.139. The Morgan fingerprint density at radius 3 is 2.76 bits per heavy atom. The number of aliphatic carboxylic acids is 1. The molecule has 0 saturated heterocycles. The van der Waals surface area contributed by atoms with Crippen LogP contribution in [0.2, 0.25) is 0 Å². The summed E-state index contributed by atoms with van der Waals surface area (Å²) >= 11 is 0. The van der Waals surface area contributed by atoms with E-state index in [2.05, 4.69) is 0 Å². The fourth-order valence-corrected chi connectivity index (χ4v) is 3.18. The Labute approximate surface area is 122 Å². The number of Topliss-reactive ketones (excluding diaryl/α,β-unsaturated/α-hetero) is 1. The monoisotopic (exact) mass is 290 g/mol. The molecule has 1 N–H and O–H groups in total. The molecule has 1 fully saturated rings. The van der Waals surface area contributed by atoms with Crippen LogP contribution in [0.5, 0.6) is 11.5 Å². The zero-order chi connectivity index (χ0) is 14.9. The van der Waals surface area contributed by atoms with Gasteiger partial charge in [0.25, 0.3) is 0 Å². The van der Waals surface area contributed by atoms with Crippen molar-refractivity contribution < 1.29 is 24.2 Å². The highest BCUT2D eigenvalue weighted by Crippen LogP contribution is 2.42. The van der Waals surface area contributed by atoms with E-state index in [1.54, 1.807) is 18.2 Å². The number of rotatable bonds is 3. The van der Waals surface area contributed by atoms with Crippen LogP contribution in [0.15, 0.2) is 18.2 Å². The fraction of sp³-hybridized carbons (Fsp3) is 0.500. The van der Waals surface area contributed by atoms with Crippen molar-refractivity contribution in [3.8, 4) is 11.5 Å². The molecule has 0 radical (unpaired) electrons. The van der Waals surface area contributed by atoms with E-state index in [1.165, 1.54) is 6.42 Å². The summed E-state index contributed by atoms with van der Waals surface area (Å²) in [5.74, 6) is 0.00393. The van der Waals surface area contributed by atoms with Crippen molar-refractivity contribution in [1.29, 1.82) is 0 Å². The summed E-state index contributed by atoms with van der Waals surface area (Å²) in [6.07, 6.45) is 5.59. The van der Waals surface area contributed by atoms with Crippen LogP contribution >= 0.6 is 0 Å². The number of hydrogen-bond acceptors (Lipinski definition) is 4. The zero-order valence-electron chi connectivity index (χ0n) is 11.8. The van der Waals surface area contributed by atoms with Gasteiger partial charge in [0.2, 0.25) is 0 Å². The summed E-state index contributed by atoms with van der Waals surface area (Å²) in [4.78, 5) is 22.9. The number of ether oxygens (including phenoxy) is 2. The molecule has 1 aromatic carbocycles. The van der Waals surface area contributed by atoms with Gasteiger partial charge in [-0.2, -0.15) is 0 Å². The maximum Gasteiger partial charge on any atom is 0.341 e. The molecule has 2 aliphatic rings. The first kappa shape index (κ1) is 13.9. The fourth-order valence-electron chi connectivity index (χ4n) is 3.18. The predicted octanol–water partition coefficient (Wildman–Crippen LogP) is 2.82. The van der Waals surface area contributed by atoms with Gasteiger partial charge in [-0.05, 0) is 37.8 Å². The van der Waals surface area contributed by atoms with Crippen molar-refractivity contribution in [2.24, 2.45) is 0 Å². The molecule has 0 atom stereocenters. The Bertz CT molecular complexity index is 572. The van der Waals surface area contributed by atoms with E-state index in [1.807, 2.05) is 0 Å². The Hall–Kier alpha value is -2.04. The standard InChI is InChI=1S/C16H18O5/c17-13-9-16(6-2-1-3-7-16)21-14-8-11(4-5-12(13)14)20-10-15(18)19/h4-5,8H,1-3,6-7,9-10H2,(H,18,19). The molecule has 112 valence electrons. The van der Waals surface area contributed by atoms with E-state index in [4.69, 9.17) is 14.6 Å². The lowest BCUT2D eigenvalue weighted by Gasteiger charge is -2.40. The van der Waals surface area contributed by atoms with Crippen LogP contribution in [-0.4, -0.2) is 29.1 Å². The van der Waals surface area contributed by atoms with Gasteiger partial charge in [0, 0.05) is 6.07 Å². The number of fused-ring (bicyclic) bond motifs is 1. The molecule has 21 heavy (non-hydrogen) atoms. The quantitative estimate of drug-likeness (QED) is 0.926. The summed E-state index contributed by atoms with van der Waals surface area (Å²) in [6, 6.07) is 4.90. The molecule has 1 heterocycles. The van der Waals surface area contributed by atoms with Crippen LogP contribution in [-0.2, 0) is 4.79 Å². The van der Waals surface area contributed by atoms with Gasteiger partial charge >= 0.3 is 5.97 Å². The summed E-state index contributed by atoms with van der Waals surface area (Å²) in [7, 11) is 0. The third kappa shape index (κ3) is 2.86. The van der Waals surface area contributed by atoms with Crippen LogP contribution in [0.1, 0.15) is 48.9 Å². The maximum absolute atomic E-state index is 12.3. The van der Waals surface area contributed by atoms with Gasteiger partial charge < -0.3 is 14.6 Å². The molecule has 0 amide bonds. The molecule has 1 aromatic rings. The Balaban J connectivity index is 1.84. The Morgan fingerprint density at radius 2 is 2.05 bits per heavy atom. The van der Waals surface area contributed by atoms with Crippen LogP contribution < -0.4 is 9.47 Å². The van der Waals surface area contributed by atoms with E-state index in [9.17, 15) is 9.59 Å². The predicted molar refractivity (Wildman–Crippen MR) is 75.0 cm³/mol. The van der Waals surface area contributed by atoms with Gasteiger partial charge in [-0.15, -0.1) is 0 Å². The lowest BCUT2D eigenvalue weighted by Crippen LogP contribution is -2.43. The van der Waals surface area contributed by atoms with Crippen molar-refractivity contribution in [2.45, 2.75) is 44.1 Å². The van der Waals surface area contributed by atoms with Gasteiger partial charge in [-0.1, -0.05) is 6.42 Å². The molecule has 0 bridgehead atoms. The highest BCUT2D eigenvalue weighted by Gasteiger charge is 2.41. The molecule has 1 saturated carbocycles. The van der Waals surface area contributed by atoms with E-state index in [0.717, 1.165) is 25.7 Å². The molecular weight excluding hydrogens is 272 g/mol. The normalized spacial score (nSPS) is 19.7. The highest BCUT2D eigenvalue weighted by atomic mass is 16.5. The van der Waals surface area contributed by atoms with Crippen LogP contribution in [0.25, 0.3) is 0 Å². The molecule has 0 unspecified atom stereocenters.